The van der Waals surface area contributed by atoms with Crippen LogP contribution in [0.3, 0.4) is 0 Å². The highest BCUT2D eigenvalue weighted by molar-refractivity contribution is 7.90. The number of sulfonamides is 1. The van der Waals surface area contributed by atoms with Crippen molar-refractivity contribution < 1.29 is 28.0 Å². The van der Waals surface area contributed by atoms with Crippen LogP contribution in [0.15, 0.2) is 84.3 Å². The van der Waals surface area contributed by atoms with Gasteiger partial charge in [-0.05, 0) is 130 Å². The van der Waals surface area contributed by atoms with E-state index < -0.39 is 37.0 Å². The van der Waals surface area contributed by atoms with Crippen molar-refractivity contribution in [2.75, 3.05) is 36.4 Å². The number of carbonyl (C=O) groups is 1. The topological polar surface area (TPSA) is 212 Å². The van der Waals surface area contributed by atoms with Crippen LogP contribution in [0.5, 0.6) is 11.5 Å². The summed E-state index contributed by atoms with van der Waals surface area (Å²) in [7, 11) is -4.74. The molecule has 10 rings (SSSR count). The van der Waals surface area contributed by atoms with Gasteiger partial charge in [-0.2, -0.15) is 0 Å². The average molecular weight is 930 g/mol. The first kappa shape index (κ1) is 44.8. The van der Waals surface area contributed by atoms with E-state index in [1.165, 1.54) is 49.3 Å². The van der Waals surface area contributed by atoms with Gasteiger partial charge in [-0.15, -0.1) is 0 Å². The van der Waals surface area contributed by atoms with Crippen LogP contribution in [0.4, 0.5) is 17.1 Å². The number of nitrogens with one attached hydrogen (secondary N) is 4. The quantitative estimate of drug-likeness (QED) is 0.0542. The number of nitro benzene ring substituents is 1. The summed E-state index contributed by atoms with van der Waals surface area (Å²) in [5.41, 5.74) is 3.64. The fourth-order valence-corrected chi connectivity index (χ4v) is 12.5. The summed E-state index contributed by atoms with van der Waals surface area (Å²) < 4.78 is 37.0. The Morgan fingerprint density at radius 1 is 1.00 bits per heavy atom. The standard InChI is InChI=1S/C50H59N9O7S/c1-31(2)37-7-4-5-8-38(37)40-9-6-20-58(40)35-26-50(27-35)17-21-57(22-18-50)34-10-11-39(42(24-34)66-36-23-33-14-19-51-47(33)53-29-36)48(60)56-67(64,65)43-25-41(59(62)63)44(46-45(43)54-30-55-46)52-28-32-12-15-49(3,61)16-13-32/h4-5,7-8,10-11,14,19,23-25,29-32,35,40,52,61H,6,9,12-13,15-18,20-22,26-28H2,1-3H3,(H,51,53)(H,54,55)(H,56,60). The molecule has 5 heterocycles. The van der Waals surface area contributed by atoms with Crippen molar-refractivity contribution in [2.24, 2.45) is 11.3 Å². The van der Waals surface area contributed by atoms with Crippen molar-refractivity contribution in [1.29, 1.82) is 0 Å². The Labute approximate surface area is 390 Å². The predicted molar refractivity (Wildman–Crippen MR) is 257 cm³/mol. The average Bonchev–Trinajstić information content (AvgIpc) is 4.09. The minimum atomic E-state index is -4.74. The Kier molecular flexibility index (Phi) is 11.7. The summed E-state index contributed by atoms with van der Waals surface area (Å²) in [4.78, 5) is 45.3. The maximum absolute atomic E-state index is 14.2. The second kappa shape index (κ2) is 17.6. The Bertz CT molecular complexity index is 2940. The maximum atomic E-state index is 14.2. The Morgan fingerprint density at radius 3 is 2.54 bits per heavy atom. The van der Waals surface area contributed by atoms with Gasteiger partial charge in [0.1, 0.15) is 33.2 Å². The van der Waals surface area contributed by atoms with Gasteiger partial charge in [0.05, 0.1) is 34.1 Å². The number of piperidine rings is 1. The molecule has 3 aromatic carbocycles. The molecule has 67 heavy (non-hydrogen) atoms. The smallest absolute Gasteiger partial charge is 0.296 e. The molecule has 5 N–H and O–H groups in total. The second-order valence-corrected chi connectivity index (χ2v) is 21.7. The molecule has 6 aromatic rings. The third kappa shape index (κ3) is 8.84. The van der Waals surface area contributed by atoms with Crippen LogP contribution < -0.4 is 19.7 Å². The van der Waals surface area contributed by atoms with E-state index in [9.17, 15) is 28.4 Å². The number of pyridine rings is 1. The Hall–Kier alpha value is -6.04. The number of nitro groups is 1. The van der Waals surface area contributed by atoms with Gasteiger partial charge in [0.2, 0.25) is 0 Å². The van der Waals surface area contributed by atoms with Crippen LogP contribution in [0.25, 0.3) is 22.1 Å². The number of likely N-dealkylation sites (tertiary alicyclic amines) is 1. The van der Waals surface area contributed by atoms with Crippen LogP contribution >= 0.6 is 0 Å². The molecule has 2 aliphatic carbocycles. The number of anilines is 2. The highest BCUT2D eigenvalue weighted by Gasteiger charge is 2.50. The molecule has 0 bridgehead atoms. The van der Waals surface area contributed by atoms with E-state index in [0.29, 0.717) is 54.2 Å². The monoisotopic (exact) mass is 929 g/mol. The van der Waals surface area contributed by atoms with Crippen LogP contribution in [-0.4, -0.2) is 87.0 Å². The molecule has 4 aliphatic rings. The first-order valence-corrected chi connectivity index (χ1v) is 25.2. The fraction of sp³-hybridized carbons (Fsp3) is 0.460. The third-order valence-corrected chi connectivity index (χ3v) is 16.5. The molecular weight excluding hydrogens is 871 g/mol. The lowest BCUT2D eigenvalue weighted by atomic mass is 9.59. The molecule has 352 valence electrons. The van der Waals surface area contributed by atoms with Crippen molar-refractivity contribution in [1.82, 2.24) is 29.6 Å². The van der Waals surface area contributed by atoms with E-state index >= 15 is 0 Å². The molecule has 1 unspecified atom stereocenters. The highest BCUT2D eigenvalue weighted by Crippen LogP contribution is 2.54. The normalized spacial score (nSPS) is 22.4. The van der Waals surface area contributed by atoms with Gasteiger partial charge in [0.15, 0.2) is 0 Å². The number of rotatable bonds is 13. The number of nitrogens with zero attached hydrogens (tertiary/aromatic N) is 5. The van der Waals surface area contributed by atoms with E-state index in [4.69, 9.17) is 4.74 Å². The number of aromatic nitrogens is 4. The van der Waals surface area contributed by atoms with Gasteiger partial charge in [-0.25, -0.2) is 23.1 Å². The van der Waals surface area contributed by atoms with Gasteiger partial charge < -0.3 is 30.0 Å². The number of imidazole rings is 1. The number of ether oxygens (including phenoxy) is 1. The van der Waals surface area contributed by atoms with Crippen LogP contribution in [0.1, 0.15) is 118 Å². The minimum absolute atomic E-state index is 0.0477. The van der Waals surface area contributed by atoms with Crippen LogP contribution in [0.2, 0.25) is 0 Å². The minimum Gasteiger partial charge on any atom is -0.455 e. The number of amides is 1. The molecule has 1 spiro atoms. The molecule has 4 fully saturated rings. The lowest BCUT2D eigenvalue weighted by Crippen LogP contribution is -2.54. The lowest BCUT2D eigenvalue weighted by molar-refractivity contribution is -0.384. The summed E-state index contributed by atoms with van der Waals surface area (Å²) >= 11 is 0. The van der Waals surface area contributed by atoms with E-state index in [0.717, 1.165) is 62.5 Å². The van der Waals surface area contributed by atoms with Crippen LogP contribution in [-0.2, 0) is 10.0 Å². The fourth-order valence-electron chi connectivity index (χ4n) is 11.4. The van der Waals surface area contributed by atoms with E-state index in [2.05, 4.69) is 77.9 Å². The summed E-state index contributed by atoms with van der Waals surface area (Å²) in [6.45, 7) is 9.56. The molecule has 1 atom stereocenters. The first-order valence-electron chi connectivity index (χ1n) is 23.7. The van der Waals surface area contributed by atoms with Crippen molar-refractivity contribution >= 4 is 55.1 Å². The zero-order valence-electron chi connectivity index (χ0n) is 38.3. The zero-order chi connectivity index (χ0) is 46.7. The largest absolute Gasteiger partial charge is 0.455 e. The number of hydrogen-bond acceptors (Lipinski definition) is 12. The summed E-state index contributed by atoms with van der Waals surface area (Å²) in [6.07, 6.45) is 14.2. The number of fused-ring (bicyclic) bond motifs is 2. The highest BCUT2D eigenvalue weighted by atomic mass is 32.2. The number of carbonyl (C=O) groups excluding carboxylic acids is 1. The summed E-state index contributed by atoms with van der Waals surface area (Å²) in [5, 5.41) is 26.9. The molecule has 0 radical (unpaired) electrons. The van der Waals surface area contributed by atoms with Crippen molar-refractivity contribution in [3.8, 4) is 11.5 Å². The molecule has 16 nitrogen and oxygen atoms in total. The van der Waals surface area contributed by atoms with Crippen molar-refractivity contribution in [2.45, 2.75) is 113 Å². The van der Waals surface area contributed by atoms with Crippen LogP contribution in [0, 0.1) is 21.4 Å². The van der Waals surface area contributed by atoms with Gasteiger partial charge in [0.25, 0.3) is 21.6 Å². The number of benzene rings is 3. The molecule has 17 heteroatoms. The number of aliphatic hydroxyl groups is 1. The Morgan fingerprint density at radius 2 is 1.78 bits per heavy atom. The Balaban J connectivity index is 0.871. The van der Waals surface area contributed by atoms with E-state index in [1.54, 1.807) is 24.4 Å². The first-order chi connectivity index (χ1) is 32.2. The predicted octanol–water partition coefficient (Wildman–Crippen LogP) is 9.32. The van der Waals surface area contributed by atoms with Gasteiger partial charge in [-0.1, -0.05) is 38.1 Å². The zero-order valence-corrected chi connectivity index (χ0v) is 39.1. The van der Waals surface area contributed by atoms with Gasteiger partial charge in [-0.3, -0.25) is 19.8 Å². The molecule has 2 saturated carbocycles. The van der Waals surface area contributed by atoms with Gasteiger partial charge >= 0.3 is 0 Å². The molecule has 1 amide bonds. The second-order valence-electron chi connectivity index (χ2n) is 20.0. The molecular formula is C50H59N9O7S. The lowest BCUT2D eigenvalue weighted by Gasteiger charge is -2.56. The molecule has 2 saturated heterocycles. The number of H-pyrrole nitrogens is 2. The molecule has 2 aliphatic heterocycles. The summed E-state index contributed by atoms with van der Waals surface area (Å²) in [6, 6.07) is 19.8. The summed E-state index contributed by atoms with van der Waals surface area (Å²) in [5.74, 6) is 0.145. The van der Waals surface area contributed by atoms with Crippen molar-refractivity contribution in [3.05, 3.63) is 106 Å². The number of hydrogen-bond donors (Lipinski definition) is 5. The van der Waals surface area contributed by atoms with E-state index in [1.807, 2.05) is 19.1 Å². The SMILES string of the molecule is CC(C)c1ccccc1C1CCCN1C1CC2(CCN(c3ccc(C(=O)NS(=O)(=O)c4cc([N+](=O)[O-])c(NCC5CCC(C)(O)CC5)c5[nH]cnc45)c(Oc4cnc5[nH]ccc5c4)c3)CC2)C1. The van der Waals surface area contributed by atoms with Gasteiger partial charge in [0, 0.05) is 61.1 Å². The number of aromatic amines is 2. The maximum Gasteiger partial charge on any atom is 0.296 e. The van der Waals surface area contributed by atoms with Crippen molar-refractivity contribution in [3.63, 3.8) is 0 Å². The van der Waals surface area contributed by atoms with E-state index in [-0.39, 0.29) is 34.0 Å². The molecule has 3 aromatic heterocycles. The third-order valence-electron chi connectivity index (χ3n) is 15.2.